The molecule has 29 heavy (non-hydrogen) atoms. The maximum absolute atomic E-state index is 13.1. The van der Waals surface area contributed by atoms with Crippen LogP contribution in [0.3, 0.4) is 0 Å². The summed E-state index contributed by atoms with van der Waals surface area (Å²) in [6, 6.07) is 15.9. The third kappa shape index (κ3) is 4.12. The number of nitrogens with zero attached hydrogens (tertiary/aromatic N) is 3. The predicted molar refractivity (Wildman–Crippen MR) is 107 cm³/mol. The van der Waals surface area contributed by atoms with Gasteiger partial charge in [0, 0.05) is 5.56 Å². The Balaban J connectivity index is 1.60. The minimum absolute atomic E-state index is 0.360. The number of rotatable bonds is 3. The van der Waals surface area contributed by atoms with Crippen molar-refractivity contribution in [1.82, 2.24) is 4.98 Å². The number of hydrogen-bond acceptors (Lipinski definition) is 5. The van der Waals surface area contributed by atoms with Crippen LogP contribution in [-0.2, 0) is 6.18 Å². The molecule has 0 saturated carbocycles. The predicted octanol–water partition coefficient (Wildman–Crippen LogP) is 7.41. The molecule has 0 saturated heterocycles. The average Bonchev–Trinajstić information content (AvgIpc) is 3.10. The van der Waals surface area contributed by atoms with Crippen LogP contribution < -0.4 is 0 Å². The van der Waals surface area contributed by atoms with Gasteiger partial charge in [-0.25, -0.2) is 4.98 Å². The molecule has 1 aromatic heterocycles. The Morgan fingerprint density at radius 1 is 0.931 bits per heavy atom. The third-order valence-electron chi connectivity index (χ3n) is 4.22. The molecule has 0 fully saturated rings. The number of hydrogen-bond donors (Lipinski definition) is 1. The molecule has 3 aromatic carbocycles. The van der Waals surface area contributed by atoms with Crippen LogP contribution in [-0.4, -0.2) is 10.1 Å². The second-order valence-corrected chi connectivity index (χ2v) is 7.47. The van der Waals surface area contributed by atoms with Crippen LogP contribution in [0.1, 0.15) is 11.1 Å². The lowest BCUT2D eigenvalue weighted by molar-refractivity contribution is -0.137. The maximum Gasteiger partial charge on any atom is 0.418 e. The van der Waals surface area contributed by atoms with Gasteiger partial charge in [-0.2, -0.15) is 18.3 Å². The molecule has 0 bridgehead atoms. The number of aryl methyl sites for hydroxylation is 1. The van der Waals surface area contributed by atoms with Gasteiger partial charge in [-0.1, -0.05) is 6.07 Å². The normalized spacial score (nSPS) is 12.1. The molecule has 0 aliphatic heterocycles. The lowest BCUT2D eigenvalue weighted by Crippen LogP contribution is -2.04. The molecule has 0 amide bonds. The van der Waals surface area contributed by atoms with Gasteiger partial charge in [0.2, 0.25) is 0 Å². The van der Waals surface area contributed by atoms with Crippen molar-refractivity contribution in [2.45, 2.75) is 13.1 Å². The molecule has 0 spiro atoms. The van der Waals surface area contributed by atoms with Gasteiger partial charge < -0.3 is 5.11 Å². The van der Waals surface area contributed by atoms with Gasteiger partial charge in [-0.05, 0) is 67.1 Å². The minimum Gasteiger partial charge on any atom is -0.508 e. The van der Waals surface area contributed by atoms with E-state index in [4.69, 9.17) is 0 Å². The SMILES string of the molecule is Cc1ccc2nc(-c3ccc(/N=N/c4ccc(O)cc4C(F)(F)F)cc3)sc2c1. The molecule has 0 aliphatic carbocycles. The van der Waals surface area contributed by atoms with Crippen LogP contribution in [0.2, 0.25) is 0 Å². The first kappa shape index (κ1) is 19.1. The number of thiazole rings is 1. The van der Waals surface area contributed by atoms with Gasteiger partial charge in [-0.3, -0.25) is 0 Å². The topological polar surface area (TPSA) is 57.8 Å². The van der Waals surface area contributed by atoms with Crippen molar-refractivity contribution < 1.29 is 18.3 Å². The molecular formula is C21H14F3N3OS. The number of aromatic nitrogens is 1. The Morgan fingerprint density at radius 3 is 2.41 bits per heavy atom. The van der Waals surface area contributed by atoms with E-state index in [1.54, 1.807) is 35.6 Å². The number of halogens is 3. The zero-order chi connectivity index (χ0) is 20.6. The smallest absolute Gasteiger partial charge is 0.418 e. The minimum atomic E-state index is -4.64. The highest BCUT2D eigenvalue weighted by Crippen LogP contribution is 2.39. The van der Waals surface area contributed by atoms with Crippen molar-refractivity contribution in [1.29, 1.82) is 0 Å². The fraction of sp³-hybridized carbons (Fsp3) is 0.0952. The molecule has 146 valence electrons. The molecule has 4 nitrogen and oxygen atoms in total. The summed E-state index contributed by atoms with van der Waals surface area (Å²) in [5.41, 5.74) is 1.99. The lowest BCUT2D eigenvalue weighted by atomic mass is 10.1. The third-order valence-corrected chi connectivity index (χ3v) is 5.28. The number of fused-ring (bicyclic) bond motifs is 1. The van der Waals surface area contributed by atoms with E-state index in [2.05, 4.69) is 21.3 Å². The van der Waals surface area contributed by atoms with E-state index in [1.165, 1.54) is 0 Å². The molecule has 1 heterocycles. The van der Waals surface area contributed by atoms with Crippen LogP contribution in [0.15, 0.2) is 70.9 Å². The van der Waals surface area contributed by atoms with E-state index in [0.717, 1.165) is 38.5 Å². The van der Waals surface area contributed by atoms with Gasteiger partial charge in [0.15, 0.2) is 0 Å². The summed E-state index contributed by atoms with van der Waals surface area (Å²) < 4.78 is 40.4. The summed E-state index contributed by atoms with van der Waals surface area (Å²) in [4.78, 5) is 4.61. The molecule has 0 radical (unpaired) electrons. The second-order valence-electron chi connectivity index (χ2n) is 6.44. The van der Waals surface area contributed by atoms with Crippen molar-refractivity contribution in [3.05, 3.63) is 71.8 Å². The quantitative estimate of drug-likeness (QED) is 0.356. The first-order valence-electron chi connectivity index (χ1n) is 8.59. The van der Waals surface area contributed by atoms with E-state index in [1.807, 2.05) is 19.1 Å². The van der Waals surface area contributed by atoms with Gasteiger partial charge in [-0.15, -0.1) is 16.5 Å². The maximum atomic E-state index is 13.1. The van der Waals surface area contributed by atoms with Gasteiger partial charge in [0.05, 0.1) is 27.2 Å². The van der Waals surface area contributed by atoms with E-state index in [9.17, 15) is 18.3 Å². The van der Waals surface area contributed by atoms with Gasteiger partial charge >= 0.3 is 6.18 Å². The molecule has 4 rings (SSSR count). The van der Waals surface area contributed by atoms with Crippen LogP contribution in [0, 0.1) is 6.92 Å². The van der Waals surface area contributed by atoms with Crippen molar-refractivity contribution in [2.24, 2.45) is 10.2 Å². The van der Waals surface area contributed by atoms with Gasteiger partial charge in [0.25, 0.3) is 0 Å². The number of benzene rings is 3. The van der Waals surface area contributed by atoms with Crippen molar-refractivity contribution >= 4 is 32.9 Å². The fourth-order valence-electron chi connectivity index (χ4n) is 2.78. The number of alkyl halides is 3. The molecule has 0 atom stereocenters. The van der Waals surface area contributed by atoms with Crippen molar-refractivity contribution in [3.63, 3.8) is 0 Å². The highest BCUT2D eigenvalue weighted by Gasteiger charge is 2.34. The van der Waals surface area contributed by atoms with Crippen molar-refractivity contribution in [2.75, 3.05) is 0 Å². The first-order chi connectivity index (χ1) is 13.8. The molecule has 4 aromatic rings. The number of aromatic hydroxyl groups is 1. The van der Waals surface area contributed by atoms with Crippen LogP contribution >= 0.6 is 11.3 Å². The largest absolute Gasteiger partial charge is 0.508 e. The zero-order valence-electron chi connectivity index (χ0n) is 15.1. The summed E-state index contributed by atoms with van der Waals surface area (Å²) in [5, 5.41) is 17.8. The Labute approximate surface area is 168 Å². The molecular weight excluding hydrogens is 399 g/mol. The van der Waals surface area contributed by atoms with E-state index in [-0.39, 0.29) is 5.69 Å². The first-order valence-corrected chi connectivity index (χ1v) is 9.41. The summed E-state index contributed by atoms with van der Waals surface area (Å²) in [7, 11) is 0. The standard InChI is InChI=1S/C21H14F3N3OS/c1-12-2-8-18-19(10-12)29-20(25-18)13-3-5-14(6-4-13)26-27-17-9-7-15(28)11-16(17)21(22,23)24/h2-11,28H,1H3/b27-26+. The summed E-state index contributed by atoms with van der Waals surface area (Å²) in [6.45, 7) is 2.02. The molecule has 1 N–H and O–H groups in total. The highest BCUT2D eigenvalue weighted by atomic mass is 32.1. The number of phenolic OH excluding ortho intramolecular Hbond substituents is 1. The molecule has 8 heteroatoms. The van der Waals surface area contributed by atoms with Crippen LogP contribution in [0.25, 0.3) is 20.8 Å². The van der Waals surface area contributed by atoms with E-state index >= 15 is 0 Å². The Morgan fingerprint density at radius 2 is 1.69 bits per heavy atom. The van der Waals surface area contributed by atoms with Crippen LogP contribution in [0.4, 0.5) is 24.5 Å². The molecule has 0 unspecified atom stereocenters. The summed E-state index contributed by atoms with van der Waals surface area (Å²) in [5.74, 6) is -0.480. The Hall–Kier alpha value is -3.26. The van der Waals surface area contributed by atoms with E-state index < -0.39 is 17.5 Å². The van der Waals surface area contributed by atoms with Crippen LogP contribution in [0.5, 0.6) is 5.75 Å². The average molecular weight is 413 g/mol. The monoisotopic (exact) mass is 413 g/mol. The highest BCUT2D eigenvalue weighted by molar-refractivity contribution is 7.21. The van der Waals surface area contributed by atoms with E-state index in [0.29, 0.717) is 11.8 Å². The second kappa shape index (κ2) is 7.29. The lowest BCUT2D eigenvalue weighted by Gasteiger charge is -2.09. The molecule has 0 aliphatic rings. The van der Waals surface area contributed by atoms with Gasteiger partial charge in [0.1, 0.15) is 10.8 Å². The Kier molecular flexibility index (Phi) is 4.79. The summed E-state index contributed by atoms with van der Waals surface area (Å²) >= 11 is 1.57. The fourth-order valence-corrected chi connectivity index (χ4v) is 3.85. The summed E-state index contributed by atoms with van der Waals surface area (Å²) in [6.07, 6.45) is -4.64. The number of azo groups is 1. The van der Waals surface area contributed by atoms with Crippen molar-refractivity contribution in [3.8, 4) is 16.3 Å². The number of phenols is 1. The Bertz CT molecular complexity index is 1210. The zero-order valence-corrected chi connectivity index (χ0v) is 15.9.